The molecule has 0 aromatic carbocycles. The number of aromatic nitrogens is 1. The summed E-state index contributed by atoms with van der Waals surface area (Å²) >= 11 is 1.03. The van der Waals surface area contributed by atoms with Crippen LogP contribution in [-0.2, 0) is 9.53 Å². The van der Waals surface area contributed by atoms with Gasteiger partial charge in [0.15, 0.2) is 0 Å². The smallest absolute Gasteiger partial charge is 0.367 e. The summed E-state index contributed by atoms with van der Waals surface area (Å²) in [6, 6.07) is -0.670. The third-order valence-electron chi connectivity index (χ3n) is 2.48. The van der Waals surface area contributed by atoms with Crippen LogP contribution in [0.2, 0.25) is 0 Å². The van der Waals surface area contributed by atoms with Crippen LogP contribution in [0, 0.1) is 0 Å². The van der Waals surface area contributed by atoms with Gasteiger partial charge in [-0.2, -0.15) is 0 Å². The molecule has 1 atom stereocenters. The first kappa shape index (κ1) is 17.1. The SMILES string of the molecule is CCCNC(=O)C(C)NC(=O)c1csc(C(=O)OCC)n1. The lowest BCUT2D eigenvalue weighted by atomic mass is 10.3. The molecule has 0 saturated carbocycles. The Bertz CT molecular complexity index is 515. The summed E-state index contributed by atoms with van der Waals surface area (Å²) in [5.41, 5.74) is 0.0956. The van der Waals surface area contributed by atoms with E-state index in [1.54, 1.807) is 13.8 Å². The minimum Gasteiger partial charge on any atom is -0.461 e. The molecular weight excluding hydrogens is 294 g/mol. The Kier molecular flexibility index (Phi) is 6.80. The van der Waals surface area contributed by atoms with E-state index in [0.717, 1.165) is 17.8 Å². The van der Waals surface area contributed by atoms with Gasteiger partial charge in [-0.3, -0.25) is 9.59 Å². The van der Waals surface area contributed by atoms with Crippen molar-refractivity contribution < 1.29 is 19.1 Å². The molecule has 0 aliphatic heterocycles. The fourth-order valence-electron chi connectivity index (χ4n) is 1.40. The molecule has 0 spiro atoms. The van der Waals surface area contributed by atoms with Crippen LogP contribution in [-0.4, -0.2) is 42.0 Å². The summed E-state index contributed by atoms with van der Waals surface area (Å²) < 4.78 is 4.80. The van der Waals surface area contributed by atoms with Crippen LogP contribution in [0.25, 0.3) is 0 Å². The van der Waals surface area contributed by atoms with Crippen LogP contribution >= 0.6 is 11.3 Å². The van der Waals surface area contributed by atoms with E-state index in [2.05, 4.69) is 15.6 Å². The molecule has 0 aliphatic rings. The van der Waals surface area contributed by atoms with Gasteiger partial charge in [-0.15, -0.1) is 11.3 Å². The Balaban J connectivity index is 2.59. The van der Waals surface area contributed by atoms with Gasteiger partial charge in [0.25, 0.3) is 5.91 Å². The molecule has 21 heavy (non-hydrogen) atoms. The fourth-order valence-corrected chi connectivity index (χ4v) is 2.09. The topological polar surface area (TPSA) is 97.4 Å². The predicted octanol–water partition coefficient (Wildman–Crippen LogP) is 0.964. The Labute approximate surface area is 127 Å². The zero-order valence-corrected chi connectivity index (χ0v) is 13.1. The number of esters is 1. The second kappa shape index (κ2) is 8.35. The molecular formula is C13H19N3O4S. The molecule has 0 fully saturated rings. The zero-order chi connectivity index (χ0) is 15.8. The number of nitrogens with one attached hydrogen (secondary N) is 2. The molecule has 0 aliphatic carbocycles. The summed E-state index contributed by atoms with van der Waals surface area (Å²) in [5.74, 6) is -1.32. The maximum absolute atomic E-state index is 11.9. The van der Waals surface area contributed by atoms with Gasteiger partial charge in [-0.1, -0.05) is 6.92 Å². The highest BCUT2D eigenvalue weighted by Crippen LogP contribution is 2.11. The second-order valence-electron chi connectivity index (χ2n) is 4.24. The Morgan fingerprint density at radius 2 is 2.10 bits per heavy atom. The minimum atomic E-state index is -0.670. The number of ether oxygens (including phenoxy) is 1. The molecule has 8 heteroatoms. The van der Waals surface area contributed by atoms with E-state index in [1.807, 2.05) is 6.92 Å². The van der Waals surface area contributed by atoms with Gasteiger partial charge >= 0.3 is 5.97 Å². The first-order chi connectivity index (χ1) is 9.99. The van der Waals surface area contributed by atoms with Gasteiger partial charge in [-0.05, 0) is 20.3 Å². The predicted molar refractivity (Wildman–Crippen MR) is 78.3 cm³/mol. The lowest BCUT2D eigenvalue weighted by Gasteiger charge is -2.12. The third-order valence-corrected chi connectivity index (χ3v) is 3.30. The molecule has 1 heterocycles. The summed E-state index contributed by atoms with van der Waals surface area (Å²) in [6.45, 7) is 6.02. The van der Waals surface area contributed by atoms with Gasteiger partial charge in [0.05, 0.1) is 6.61 Å². The molecule has 2 amide bonds. The standard InChI is InChI=1S/C13H19N3O4S/c1-4-6-14-10(17)8(3)15-11(18)9-7-21-12(16-9)13(19)20-5-2/h7-8H,4-6H2,1-3H3,(H,14,17)(H,15,18). The van der Waals surface area contributed by atoms with Crippen LogP contribution in [0.4, 0.5) is 0 Å². The van der Waals surface area contributed by atoms with E-state index in [-0.39, 0.29) is 23.2 Å². The quantitative estimate of drug-likeness (QED) is 0.731. The summed E-state index contributed by atoms with van der Waals surface area (Å²) in [5, 5.41) is 6.79. The minimum absolute atomic E-state index is 0.0956. The van der Waals surface area contributed by atoms with Crippen molar-refractivity contribution in [3.8, 4) is 0 Å². The van der Waals surface area contributed by atoms with Gasteiger partial charge in [0, 0.05) is 11.9 Å². The molecule has 0 radical (unpaired) electrons. The van der Waals surface area contributed by atoms with Gasteiger partial charge in [0.2, 0.25) is 10.9 Å². The van der Waals surface area contributed by atoms with Gasteiger partial charge in [-0.25, -0.2) is 9.78 Å². The highest BCUT2D eigenvalue weighted by molar-refractivity contribution is 7.11. The Morgan fingerprint density at radius 3 is 2.71 bits per heavy atom. The number of hydrogen-bond donors (Lipinski definition) is 2. The molecule has 1 unspecified atom stereocenters. The lowest BCUT2D eigenvalue weighted by Crippen LogP contribution is -2.45. The van der Waals surface area contributed by atoms with E-state index in [4.69, 9.17) is 4.74 Å². The van der Waals surface area contributed by atoms with Crippen LogP contribution < -0.4 is 10.6 Å². The van der Waals surface area contributed by atoms with E-state index in [1.165, 1.54) is 5.38 Å². The number of nitrogens with zero attached hydrogens (tertiary/aromatic N) is 1. The molecule has 0 bridgehead atoms. The van der Waals surface area contributed by atoms with Crippen molar-refractivity contribution in [1.82, 2.24) is 15.6 Å². The van der Waals surface area contributed by atoms with Crippen LogP contribution in [0.1, 0.15) is 47.5 Å². The summed E-state index contributed by atoms with van der Waals surface area (Å²) in [6.07, 6.45) is 0.821. The van der Waals surface area contributed by atoms with Crippen LogP contribution in [0.3, 0.4) is 0 Å². The second-order valence-corrected chi connectivity index (χ2v) is 5.10. The average Bonchev–Trinajstić information content (AvgIpc) is 2.94. The highest BCUT2D eigenvalue weighted by atomic mass is 32.1. The van der Waals surface area contributed by atoms with Gasteiger partial charge < -0.3 is 15.4 Å². The van der Waals surface area contributed by atoms with E-state index < -0.39 is 17.9 Å². The molecule has 1 aromatic rings. The van der Waals surface area contributed by atoms with Crippen molar-refractivity contribution in [3.05, 3.63) is 16.1 Å². The maximum Gasteiger partial charge on any atom is 0.367 e. The first-order valence-electron chi connectivity index (χ1n) is 6.70. The number of carbonyl (C=O) groups excluding carboxylic acids is 3. The summed E-state index contributed by atoms with van der Waals surface area (Å²) in [4.78, 5) is 38.9. The van der Waals surface area contributed by atoms with E-state index in [9.17, 15) is 14.4 Å². The fraction of sp³-hybridized carbons (Fsp3) is 0.538. The number of rotatable bonds is 7. The highest BCUT2D eigenvalue weighted by Gasteiger charge is 2.20. The molecule has 2 N–H and O–H groups in total. The van der Waals surface area contributed by atoms with Crippen molar-refractivity contribution in [2.24, 2.45) is 0 Å². The first-order valence-corrected chi connectivity index (χ1v) is 7.58. The molecule has 1 aromatic heterocycles. The normalized spacial score (nSPS) is 11.6. The average molecular weight is 313 g/mol. The monoisotopic (exact) mass is 313 g/mol. The van der Waals surface area contributed by atoms with E-state index in [0.29, 0.717) is 6.54 Å². The maximum atomic E-state index is 11.9. The number of thiazole rings is 1. The molecule has 7 nitrogen and oxygen atoms in total. The number of carbonyl (C=O) groups is 3. The molecule has 0 saturated heterocycles. The third kappa shape index (κ3) is 5.14. The van der Waals surface area contributed by atoms with Crippen molar-refractivity contribution >= 4 is 29.1 Å². The molecule has 1 rings (SSSR count). The van der Waals surface area contributed by atoms with Crippen LogP contribution in [0.15, 0.2) is 5.38 Å². The number of amides is 2. The number of hydrogen-bond acceptors (Lipinski definition) is 6. The Morgan fingerprint density at radius 1 is 1.38 bits per heavy atom. The van der Waals surface area contributed by atoms with Crippen molar-refractivity contribution in [2.75, 3.05) is 13.2 Å². The van der Waals surface area contributed by atoms with Gasteiger partial charge in [0.1, 0.15) is 11.7 Å². The van der Waals surface area contributed by atoms with Crippen molar-refractivity contribution in [1.29, 1.82) is 0 Å². The van der Waals surface area contributed by atoms with Crippen molar-refractivity contribution in [2.45, 2.75) is 33.2 Å². The zero-order valence-electron chi connectivity index (χ0n) is 12.3. The largest absolute Gasteiger partial charge is 0.461 e. The summed E-state index contributed by atoms with van der Waals surface area (Å²) in [7, 11) is 0. The lowest BCUT2D eigenvalue weighted by molar-refractivity contribution is -0.122. The molecule has 116 valence electrons. The van der Waals surface area contributed by atoms with E-state index >= 15 is 0 Å². The van der Waals surface area contributed by atoms with Crippen molar-refractivity contribution in [3.63, 3.8) is 0 Å². The Hall–Kier alpha value is -1.96. The van der Waals surface area contributed by atoms with Crippen LogP contribution in [0.5, 0.6) is 0 Å².